The molecule has 2 N–H and O–H groups in total. The van der Waals surface area contributed by atoms with Gasteiger partial charge >= 0.3 is 5.97 Å². The van der Waals surface area contributed by atoms with Crippen molar-refractivity contribution in [1.29, 1.82) is 0 Å². The molecule has 0 bridgehead atoms. The third-order valence-electron chi connectivity index (χ3n) is 4.71. The fourth-order valence-corrected chi connectivity index (χ4v) is 4.28. The number of nitrogens with zero attached hydrogens (tertiary/aromatic N) is 3. The topological polar surface area (TPSA) is 104 Å². The first-order valence-corrected chi connectivity index (χ1v) is 9.71. The molecule has 2 aliphatic heterocycles. The molecular weight excluding hydrogens is 392 g/mol. The fraction of sp³-hybridized carbons (Fsp3) is 0.529. The number of carboxylic acids is 1. The van der Waals surface area contributed by atoms with E-state index in [0.29, 0.717) is 47.6 Å². The second-order valence-corrected chi connectivity index (χ2v) is 7.95. The first-order valence-electron chi connectivity index (χ1n) is 8.52. The molecule has 0 radical (unpaired) electrons. The van der Waals surface area contributed by atoms with E-state index < -0.39 is 5.97 Å². The van der Waals surface area contributed by atoms with Crippen molar-refractivity contribution in [2.75, 3.05) is 25.1 Å². The quantitative estimate of drug-likeness (QED) is 0.718. The number of ether oxygens (including phenoxy) is 1. The van der Waals surface area contributed by atoms with Crippen LogP contribution in [0.3, 0.4) is 0 Å². The minimum absolute atomic E-state index is 0.166. The second kappa shape index (κ2) is 7.95. The summed E-state index contributed by atoms with van der Waals surface area (Å²) < 4.78 is 5.57. The lowest BCUT2D eigenvalue weighted by Crippen LogP contribution is -2.55. The summed E-state index contributed by atoms with van der Waals surface area (Å²) in [5, 5.41) is 13.2. The van der Waals surface area contributed by atoms with Crippen LogP contribution >= 0.6 is 22.9 Å². The van der Waals surface area contributed by atoms with Crippen molar-refractivity contribution < 1.29 is 19.4 Å². The summed E-state index contributed by atoms with van der Waals surface area (Å²) in [6, 6.07) is -0.166. The highest BCUT2D eigenvalue weighted by molar-refractivity contribution is 7.17. The van der Waals surface area contributed by atoms with E-state index in [1.54, 1.807) is 14.0 Å². The van der Waals surface area contributed by atoms with Gasteiger partial charge in [-0.05, 0) is 25.8 Å². The van der Waals surface area contributed by atoms with E-state index in [4.69, 9.17) is 16.3 Å². The van der Waals surface area contributed by atoms with Crippen molar-refractivity contribution in [1.82, 2.24) is 10.3 Å². The van der Waals surface area contributed by atoms with Crippen LogP contribution in [0, 0.1) is 6.92 Å². The Hall–Kier alpha value is -1.97. The van der Waals surface area contributed by atoms with E-state index >= 15 is 0 Å². The number of rotatable bonds is 5. The summed E-state index contributed by atoms with van der Waals surface area (Å²) in [7, 11) is 1.60. The SMILES string of the molecule is CO[C@H]1CN(c2nc(C)c(C(=O)O)s2)CC[C@H]1NC(=O)C1=NC(Cl)=C(C)C1. The molecule has 0 unspecified atom stereocenters. The number of thiazole rings is 1. The van der Waals surface area contributed by atoms with Crippen molar-refractivity contribution >= 4 is 45.7 Å². The van der Waals surface area contributed by atoms with Gasteiger partial charge in [-0.1, -0.05) is 22.9 Å². The lowest BCUT2D eigenvalue weighted by molar-refractivity contribution is -0.116. The Morgan fingerprint density at radius 1 is 1.41 bits per heavy atom. The predicted octanol–water partition coefficient (Wildman–Crippen LogP) is 2.17. The number of carbonyl (C=O) groups excluding carboxylic acids is 1. The molecule has 1 saturated heterocycles. The molecule has 2 aliphatic rings. The number of hydrogen-bond donors (Lipinski definition) is 2. The molecule has 0 aromatic carbocycles. The van der Waals surface area contributed by atoms with Gasteiger partial charge in [-0.25, -0.2) is 14.8 Å². The molecule has 0 aliphatic carbocycles. The molecule has 146 valence electrons. The smallest absolute Gasteiger partial charge is 0.347 e. The molecule has 1 aromatic heterocycles. The summed E-state index contributed by atoms with van der Waals surface area (Å²) in [6.45, 7) is 4.69. The Morgan fingerprint density at radius 2 is 2.15 bits per heavy atom. The number of carboxylic acid groups (broad SMARTS) is 1. The number of methoxy groups -OCH3 is 1. The van der Waals surface area contributed by atoms with Gasteiger partial charge in [-0.2, -0.15) is 0 Å². The highest BCUT2D eigenvalue weighted by Gasteiger charge is 2.33. The number of halogens is 1. The maximum absolute atomic E-state index is 12.5. The molecule has 27 heavy (non-hydrogen) atoms. The van der Waals surface area contributed by atoms with Crippen LogP contribution in [0.15, 0.2) is 15.7 Å². The molecule has 1 amide bonds. The monoisotopic (exact) mass is 412 g/mol. The maximum Gasteiger partial charge on any atom is 0.347 e. The summed E-state index contributed by atoms with van der Waals surface area (Å²) >= 11 is 7.11. The summed E-state index contributed by atoms with van der Waals surface area (Å²) in [4.78, 5) is 34.4. The number of anilines is 1. The number of aryl methyl sites for hydroxylation is 1. The average Bonchev–Trinajstić information content (AvgIpc) is 3.18. The maximum atomic E-state index is 12.5. The zero-order valence-corrected chi connectivity index (χ0v) is 16.9. The van der Waals surface area contributed by atoms with E-state index in [9.17, 15) is 14.7 Å². The average molecular weight is 413 g/mol. The normalized spacial score (nSPS) is 22.8. The second-order valence-electron chi connectivity index (χ2n) is 6.61. The van der Waals surface area contributed by atoms with Crippen LogP contribution in [0.25, 0.3) is 0 Å². The van der Waals surface area contributed by atoms with Crippen molar-refractivity contribution in [2.45, 2.75) is 38.8 Å². The number of aromatic carboxylic acids is 1. The van der Waals surface area contributed by atoms with Gasteiger partial charge in [0, 0.05) is 26.6 Å². The van der Waals surface area contributed by atoms with Gasteiger partial charge in [0.1, 0.15) is 15.7 Å². The van der Waals surface area contributed by atoms with Crippen LogP contribution in [0.5, 0.6) is 0 Å². The Morgan fingerprint density at radius 3 is 2.70 bits per heavy atom. The molecular formula is C17H21ClN4O4S. The summed E-state index contributed by atoms with van der Waals surface area (Å²) in [6.07, 6.45) is 0.864. The molecule has 10 heteroatoms. The Balaban J connectivity index is 1.65. The molecule has 1 aromatic rings. The zero-order chi connectivity index (χ0) is 19.7. The molecule has 2 atom stereocenters. The highest BCUT2D eigenvalue weighted by atomic mass is 35.5. The lowest BCUT2D eigenvalue weighted by Gasteiger charge is -2.37. The Bertz CT molecular complexity index is 835. The van der Waals surface area contributed by atoms with Gasteiger partial charge in [0.2, 0.25) is 0 Å². The summed E-state index contributed by atoms with van der Waals surface area (Å²) in [5.74, 6) is -1.20. The number of amides is 1. The van der Waals surface area contributed by atoms with Crippen molar-refractivity contribution in [3.05, 3.63) is 21.3 Å². The zero-order valence-electron chi connectivity index (χ0n) is 15.3. The number of hydrogen-bond acceptors (Lipinski definition) is 7. The first kappa shape index (κ1) is 19.8. The third kappa shape index (κ3) is 4.15. The Kier molecular flexibility index (Phi) is 5.83. The molecule has 3 heterocycles. The number of piperidine rings is 1. The van der Waals surface area contributed by atoms with Gasteiger partial charge in [0.05, 0.1) is 17.8 Å². The largest absolute Gasteiger partial charge is 0.477 e. The molecule has 3 rings (SSSR count). The van der Waals surface area contributed by atoms with Gasteiger partial charge < -0.3 is 20.1 Å². The number of allylic oxidation sites excluding steroid dienone is 1. The van der Waals surface area contributed by atoms with Crippen LogP contribution in [-0.4, -0.2) is 60.0 Å². The fourth-order valence-electron chi connectivity index (χ4n) is 3.17. The lowest BCUT2D eigenvalue weighted by atomic mass is 10.0. The van der Waals surface area contributed by atoms with Crippen molar-refractivity contribution in [3.8, 4) is 0 Å². The van der Waals surface area contributed by atoms with Crippen LogP contribution in [-0.2, 0) is 9.53 Å². The standard InChI is InChI=1S/C17H21ClN4O4S/c1-8-6-11(20-14(8)18)15(23)21-10-4-5-22(7-12(10)26-3)17-19-9(2)13(27-17)16(24)25/h10,12H,4-7H2,1-3H3,(H,21,23)(H,24,25)/t10-,12+/m1/s1. The molecule has 0 spiro atoms. The minimum atomic E-state index is -0.971. The number of aromatic nitrogens is 1. The number of carbonyl (C=O) groups is 2. The highest BCUT2D eigenvalue weighted by Crippen LogP contribution is 2.29. The van der Waals surface area contributed by atoms with E-state index in [1.807, 2.05) is 11.8 Å². The summed E-state index contributed by atoms with van der Waals surface area (Å²) in [5.41, 5.74) is 1.80. The van der Waals surface area contributed by atoms with Gasteiger partial charge in [0.25, 0.3) is 5.91 Å². The van der Waals surface area contributed by atoms with E-state index in [0.717, 1.165) is 16.9 Å². The van der Waals surface area contributed by atoms with Crippen LogP contribution in [0.1, 0.15) is 35.1 Å². The Labute approximate surface area is 165 Å². The predicted molar refractivity (Wildman–Crippen MR) is 104 cm³/mol. The van der Waals surface area contributed by atoms with Crippen molar-refractivity contribution in [2.24, 2.45) is 4.99 Å². The van der Waals surface area contributed by atoms with Crippen molar-refractivity contribution in [3.63, 3.8) is 0 Å². The van der Waals surface area contributed by atoms with Crippen LogP contribution < -0.4 is 10.2 Å². The van der Waals surface area contributed by atoms with E-state index in [1.165, 1.54) is 0 Å². The first-order chi connectivity index (χ1) is 12.8. The van der Waals surface area contributed by atoms with Gasteiger partial charge in [-0.15, -0.1) is 0 Å². The molecule has 0 saturated carbocycles. The van der Waals surface area contributed by atoms with Crippen LogP contribution in [0.2, 0.25) is 0 Å². The number of nitrogens with one attached hydrogen (secondary N) is 1. The molecule has 1 fully saturated rings. The van der Waals surface area contributed by atoms with Crippen LogP contribution in [0.4, 0.5) is 5.13 Å². The van der Waals surface area contributed by atoms with E-state index in [-0.39, 0.29) is 22.9 Å². The number of aliphatic imine (C=N–C) groups is 1. The van der Waals surface area contributed by atoms with E-state index in [2.05, 4.69) is 15.3 Å². The van der Waals surface area contributed by atoms with Gasteiger partial charge in [0.15, 0.2) is 5.13 Å². The minimum Gasteiger partial charge on any atom is -0.477 e. The molecule has 8 nitrogen and oxygen atoms in total. The van der Waals surface area contributed by atoms with Gasteiger partial charge in [-0.3, -0.25) is 4.79 Å². The third-order valence-corrected chi connectivity index (χ3v) is 6.32.